The summed E-state index contributed by atoms with van der Waals surface area (Å²) >= 11 is 0. The number of aromatic nitrogens is 8. The molecule has 15 heteroatoms. The number of aryl methyl sites for hydroxylation is 3. The Morgan fingerprint density at radius 1 is 0.685 bits per heavy atom. The zero-order chi connectivity index (χ0) is 38.3. The minimum absolute atomic E-state index is 0.00421. The van der Waals surface area contributed by atoms with E-state index >= 15 is 0 Å². The van der Waals surface area contributed by atoms with E-state index in [1.165, 1.54) is 22.4 Å². The Bertz CT molecular complexity index is 3050. The number of carbonyl (C=O) groups is 2. The maximum atomic E-state index is 12.8. The summed E-state index contributed by atoms with van der Waals surface area (Å²) in [6, 6.07) is 25.1. The van der Waals surface area contributed by atoms with E-state index in [0.717, 1.165) is 31.1 Å². The van der Waals surface area contributed by atoms with E-state index in [-0.39, 0.29) is 23.5 Å². The number of benzene rings is 4. The number of ketones is 1. The van der Waals surface area contributed by atoms with Crippen molar-refractivity contribution in [2.45, 2.75) is 33.6 Å². The van der Waals surface area contributed by atoms with E-state index in [1.54, 1.807) is 66.7 Å². The second-order valence-corrected chi connectivity index (χ2v) is 12.8. The van der Waals surface area contributed by atoms with E-state index in [2.05, 4.69) is 20.2 Å². The quantitative estimate of drug-likeness (QED) is 0.204. The summed E-state index contributed by atoms with van der Waals surface area (Å²) in [5.41, 5.74) is 4.16. The Morgan fingerprint density at radius 3 is 1.65 bits per heavy atom. The first kappa shape index (κ1) is 35.0. The van der Waals surface area contributed by atoms with Crippen molar-refractivity contribution in [1.29, 1.82) is 0 Å². The molecule has 0 atom stereocenters. The van der Waals surface area contributed by atoms with Gasteiger partial charge in [-0.3, -0.25) is 9.59 Å². The predicted molar refractivity (Wildman–Crippen MR) is 203 cm³/mol. The minimum atomic E-state index is -0.887. The summed E-state index contributed by atoms with van der Waals surface area (Å²) in [6.45, 7) is 5.35. The number of hydrogen-bond donors (Lipinski definition) is 3. The molecule has 54 heavy (non-hydrogen) atoms. The fraction of sp³-hybridized carbons (Fsp3) is 0.128. The zero-order valence-corrected chi connectivity index (χ0v) is 29.2. The molecular weight excluding hydrogens is 692 g/mol. The highest BCUT2D eigenvalue weighted by atomic mass is 16.4. The molecule has 0 aliphatic heterocycles. The summed E-state index contributed by atoms with van der Waals surface area (Å²) in [5.74, 6) is -0.955. The van der Waals surface area contributed by atoms with E-state index in [9.17, 15) is 28.8 Å². The minimum Gasteiger partial charge on any atom is -0.481 e. The number of allylic oxidation sites excluding steroid dienone is 1. The summed E-state index contributed by atoms with van der Waals surface area (Å²) in [7, 11) is 0. The number of nitrogens with one attached hydrogen (secondary N) is 2. The van der Waals surface area contributed by atoms with Gasteiger partial charge < -0.3 is 15.1 Å². The van der Waals surface area contributed by atoms with Crippen LogP contribution in [0.15, 0.2) is 110 Å². The molecule has 8 rings (SSSR count). The number of nitrogens with zero attached hydrogens (tertiary/aromatic N) is 6. The molecule has 0 bridgehead atoms. The monoisotopic (exact) mass is 724 g/mol. The van der Waals surface area contributed by atoms with E-state index in [4.69, 9.17) is 5.11 Å². The van der Waals surface area contributed by atoms with Crippen LogP contribution in [0.2, 0.25) is 0 Å². The number of aromatic amines is 2. The lowest BCUT2D eigenvalue weighted by Crippen LogP contribution is -2.29. The number of carboxylic acid groups (broad SMARTS) is 1. The van der Waals surface area contributed by atoms with Crippen LogP contribution < -0.4 is 22.8 Å². The molecule has 0 unspecified atom stereocenters. The van der Waals surface area contributed by atoms with Crippen molar-refractivity contribution in [3.63, 3.8) is 0 Å². The number of hydrogen-bond acceptors (Lipinski definition) is 8. The first-order chi connectivity index (χ1) is 25.9. The molecule has 4 heterocycles. The maximum absolute atomic E-state index is 12.8. The Balaban J connectivity index is 0.000000167. The van der Waals surface area contributed by atoms with Crippen LogP contribution in [-0.2, 0) is 16.0 Å². The third-order valence-electron chi connectivity index (χ3n) is 8.75. The van der Waals surface area contributed by atoms with Crippen LogP contribution in [0, 0.1) is 13.8 Å². The summed E-state index contributed by atoms with van der Waals surface area (Å²) < 4.78 is 4.40. The van der Waals surface area contributed by atoms with Gasteiger partial charge in [-0.25, -0.2) is 19.2 Å². The molecule has 4 aromatic heterocycles. The van der Waals surface area contributed by atoms with Crippen LogP contribution in [0.25, 0.3) is 50.6 Å². The highest BCUT2D eigenvalue weighted by Crippen LogP contribution is 2.20. The zero-order valence-electron chi connectivity index (χ0n) is 29.2. The van der Waals surface area contributed by atoms with Crippen molar-refractivity contribution in [3.05, 3.63) is 155 Å². The summed E-state index contributed by atoms with van der Waals surface area (Å²) in [6.07, 6.45) is 3.48. The number of carbonyl (C=O) groups excluding carboxylic acids is 1. The number of aliphatic carboxylic acids is 1. The molecule has 0 saturated carbocycles. The van der Waals surface area contributed by atoms with Gasteiger partial charge in [0.05, 0.1) is 22.4 Å². The second kappa shape index (κ2) is 14.0. The largest absolute Gasteiger partial charge is 0.481 e. The van der Waals surface area contributed by atoms with Gasteiger partial charge in [0, 0.05) is 17.2 Å². The van der Waals surface area contributed by atoms with E-state index < -0.39 is 28.7 Å². The standard InChI is InChI=1S/C20H16N4O3.C19H16N4O4/c1-12-3-8-15(9-4-12)24-20(27)23-18(22-24)16-11-14(6-5-13(2)25)7-10-17(16)21-19(23)26;1-11-2-6-13(7-3-11)23-19(27)22-17(21-23)14-10-12(5-9-16(24)25)4-8-15(14)20-18(22)26/h3-11H,1-2H3,(H,21,26);2-4,6-8,10H,5,9H2,1H3,(H,20,26)(H,24,25)/b6-5+;. The van der Waals surface area contributed by atoms with E-state index in [0.29, 0.717) is 39.6 Å². The van der Waals surface area contributed by atoms with Crippen LogP contribution in [0.3, 0.4) is 0 Å². The van der Waals surface area contributed by atoms with Gasteiger partial charge in [-0.2, -0.15) is 18.2 Å². The molecule has 0 fully saturated rings. The van der Waals surface area contributed by atoms with E-state index in [1.807, 2.05) is 38.1 Å². The molecule has 270 valence electrons. The number of carboxylic acids is 1. The molecule has 0 saturated heterocycles. The highest BCUT2D eigenvalue weighted by molar-refractivity contribution is 5.95. The Kier molecular flexibility index (Phi) is 9.04. The molecular formula is C39H32N8O7. The summed E-state index contributed by atoms with van der Waals surface area (Å²) in [5, 5.41) is 18.8. The van der Waals surface area contributed by atoms with Crippen molar-refractivity contribution >= 4 is 50.9 Å². The topological polar surface area (TPSA) is 199 Å². The van der Waals surface area contributed by atoms with Gasteiger partial charge >= 0.3 is 28.7 Å². The third-order valence-corrected chi connectivity index (χ3v) is 8.75. The lowest BCUT2D eigenvalue weighted by atomic mass is 10.1. The summed E-state index contributed by atoms with van der Waals surface area (Å²) in [4.78, 5) is 77.7. The fourth-order valence-electron chi connectivity index (χ4n) is 5.97. The SMILES string of the molecule is CC(=O)/C=C/c1ccc2[nH]c(=O)n3c(=O)n(-c4ccc(C)cc4)nc3c2c1.Cc1ccc(-n2nc3c4cc(CCC(=O)O)ccc4[nH]c(=O)n3c2=O)cc1. The maximum Gasteiger partial charge on any atom is 0.359 e. The van der Waals surface area contributed by atoms with Gasteiger partial charge in [0.25, 0.3) is 0 Å². The van der Waals surface area contributed by atoms with Gasteiger partial charge in [-0.1, -0.05) is 53.6 Å². The van der Waals surface area contributed by atoms with Gasteiger partial charge in [0.2, 0.25) is 0 Å². The first-order valence-corrected chi connectivity index (χ1v) is 16.8. The van der Waals surface area contributed by atoms with Crippen LogP contribution in [-0.4, -0.2) is 55.2 Å². The molecule has 0 radical (unpaired) electrons. The van der Waals surface area contributed by atoms with Gasteiger partial charge in [0.15, 0.2) is 17.1 Å². The smallest absolute Gasteiger partial charge is 0.359 e. The van der Waals surface area contributed by atoms with Crippen LogP contribution in [0.4, 0.5) is 0 Å². The van der Waals surface area contributed by atoms with Crippen molar-refractivity contribution < 1.29 is 14.7 Å². The van der Waals surface area contributed by atoms with Crippen LogP contribution in [0.1, 0.15) is 35.6 Å². The third kappa shape index (κ3) is 6.68. The van der Waals surface area contributed by atoms with Gasteiger partial charge in [0.1, 0.15) is 0 Å². The van der Waals surface area contributed by atoms with Crippen LogP contribution in [0.5, 0.6) is 0 Å². The highest BCUT2D eigenvalue weighted by Gasteiger charge is 2.17. The lowest BCUT2D eigenvalue weighted by molar-refractivity contribution is -0.137. The average Bonchev–Trinajstić information content (AvgIpc) is 3.69. The molecule has 0 amide bonds. The predicted octanol–water partition coefficient (Wildman–Crippen LogP) is 3.89. The van der Waals surface area contributed by atoms with Crippen molar-refractivity contribution in [2.24, 2.45) is 0 Å². The Morgan fingerprint density at radius 2 is 1.17 bits per heavy atom. The first-order valence-electron chi connectivity index (χ1n) is 16.8. The molecule has 3 N–H and O–H groups in total. The molecule has 0 spiro atoms. The van der Waals surface area contributed by atoms with Gasteiger partial charge in [-0.05, 0) is 92.9 Å². The number of H-pyrrole nitrogens is 2. The molecule has 0 aliphatic rings. The molecule has 15 nitrogen and oxygen atoms in total. The van der Waals surface area contributed by atoms with Gasteiger partial charge in [-0.15, -0.1) is 10.2 Å². The molecule has 8 aromatic rings. The Hall–Kier alpha value is -7.42. The van der Waals surface area contributed by atoms with Crippen molar-refractivity contribution in [2.75, 3.05) is 0 Å². The number of fused-ring (bicyclic) bond motifs is 6. The van der Waals surface area contributed by atoms with Crippen molar-refractivity contribution in [3.8, 4) is 11.4 Å². The fourth-order valence-corrected chi connectivity index (χ4v) is 5.97. The second-order valence-electron chi connectivity index (χ2n) is 12.8. The number of rotatable bonds is 7. The van der Waals surface area contributed by atoms with Crippen LogP contribution >= 0.6 is 0 Å². The Labute approximate surface area is 303 Å². The lowest BCUT2D eigenvalue weighted by Gasteiger charge is -2.03. The molecule has 0 aliphatic carbocycles. The normalized spacial score (nSPS) is 11.5. The van der Waals surface area contributed by atoms with Crippen molar-refractivity contribution in [1.82, 2.24) is 38.3 Å². The molecule has 4 aromatic carbocycles. The average molecular weight is 725 g/mol.